The minimum absolute atomic E-state index is 0.0401. The number of aliphatic hydroxyl groups excluding tert-OH is 9. The summed E-state index contributed by atoms with van der Waals surface area (Å²) in [6.45, 7) is 1.40. The maximum Gasteiger partial charge on any atom is 0.397 e. The van der Waals surface area contributed by atoms with E-state index in [2.05, 4.69) is 32.4 Å². The van der Waals surface area contributed by atoms with Crippen molar-refractivity contribution >= 4 is 34.0 Å². The molecule has 2 unspecified atom stereocenters. The van der Waals surface area contributed by atoms with Crippen LogP contribution >= 0.6 is 0 Å². The molecule has 20 atom stereocenters. The molecule has 28 nitrogen and oxygen atoms in total. The first-order valence-electron chi connectivity index (χ1n) is 24.8. The summed E-state index contributed by atoms with van der Waals surface area (Å²) >= 11 is 0. The summed E-state index contributed by atoms with van der Waals surface area (Å²) in [5.74, 6) is -2.90. The van der Waals surface area contributed by atoms with E-state index in [0.29, 0.717) is 6.42 Å². The van der Waals surface area contributed by atoms with Crippen LogP contribution in [0.25, 0.3) is 0 Å². The van der Waals surface area contributed by atoms with Gasteiger partial charge in [-0.2, -0.15) is 8.42 Å². The average Bonchev–Trinajstić information content (AvgIpc) is 3.32. The van der Waals surface area contributed by atoms with Crippen LogP contribution in [0, 0.1) is 0 Å². The lowest BCUT2D eigenvalue weighted by atomic mass is 9.93. The zero-order valence-electron chi connectivity index (χ0n) is 41.5. The van der Waals surface area contributed by atoms with Crippen LogP contribution in [0.5, 0.6) is 0 Å². The van der Waals surface area contributed by atoms with Crippen molar-refractivity contribution in [3.05, 3.63) is 0 Å². The molecule has 0 spiro atoms. The summed E-state index contributed by atoms with van der Waals surface area (Å²) in [5.41, 5.74) is 0. The highest BCUT2D eigenvalue weighted by Gasteiger charge is 2.56. The van der Waals surface area contributed by atoms with E-state index in [4.69, 9.17) is 33.2 Å². The van der Waals surface area contributed by atoms with Gasteiger partial charge in [-0.3, -0.25) is 23.7 Å². The van der Waals surface area contributed by atoms with Crippen molar-refractivity contribution in [2.75, 3.05) is 26.4 Å². The van der Waals surface area contributed by atoms with Crippen molar-refractivity contribution < 1.29 is 115 Å². The SMILES string of the molecule is CCCCCCCCCCCCCC(=O)N[C@H]1[C@H](O[C@H]2C(O)[C@@H](NC(C)=O)[C@H](O[C@H]3[C@H](O)[C@@H](NC(C)=O)[C@H](O[C@H]4C(O)[C@@H](NC(C)=O)[C@H](O)O[C@@H]4COS(=O)(=O)O)O[C@@H]3CO)O[C@@H]2CO)O[C@H](CO)[C@@H](O)[C@@H]1O. The van der Waals surface area contributed by atoms with E-state index >= 15 is 0 Å². The molecule has 4 heterocycles. The molecule has 0 aromatic heterocycles. The van der Waals surface area contributed by atoms with E-state index in [1.165, 1.54) is 32.1 Å². The second-order valence-electron chi connectivity index (χ2n) is 18.8. The lowest BCUT2D eigenvalue weighted by Gasteiger charge is -2.51. The van der Waals surface area contributed by atoms with Gasteiger partial charge in [-0.1, -0.05) is 71.1 Å². The molecular formula is C44H78N4O24S. The molecule has 4 aliphatic rings. The highest BCUT2D eigenvalue weighted by molar-refractivity contribution is 7.80. The number of unbranched alkanes of at least 4 members (excludes halogenated alkanes) is 10. The van der Waals surface area contributed by atoms with Crippen LogP contribution in [0.3, 0.4) is 0 Å². The largest absolute Gasteiger partial charge is 0.397 e. The normalized spacial score (nSPS) is 37.0. The number of aliphatic hydroxyl groups is 9. The molecule has 14 N–H and O–H groups in total. The lowest BCUT2D eigenvalue weighted by Crippen LogP contribution is -2.71. The van der Waals surface area contributed by atoms with Crippen LogP contribution in [-0.4, -0.2) is 232 Å². The Morgan fingerprint density at radius 2 is 0.849 bits per heavy atom. The fourth-order valence-electron chi connectivity index (χ4n) is 9.28. The molecule has 0 radical (unpaired) electrons. The van der Waals surface area contributed by atoms with Crippen LogP contribution in [0.2, 0.25) is 0 Å². The highest BCUT2D eigenvalue weighted by atomic mass is 32.3. The number of carbonyl (C=O) groups excluding carboxylic acids is 4. The third kappa shape index (κ3) is 18.4. The summed E-state index contributed by atoms with van der Waals surface area (Å²) in [5, 5.41) is 109. The van der Waals surface area contributed by atoms with E-state index in [1.807, 2.05) is 0 Å². The quantitative estimate of drug-likeness (QED) is 0.0259. The number of rotatable bonds is 28. The Balaban J connectivity index is 1.53. The number of carbonyl (C=O) groups is 4. The van der Waals surface area contributed by atoms with E-state index in [9.17, 15) is 78.1 Å². The van der Waals surface area contributed by atoms with Gasteiger partial charge in [-0.05, 0) is 6.42 Å². The minimum Gasteiger partial charge on any atom is -0.394 e. The van der Waals surface area contributed by atoms with Gasteiger partial charge in [0.15, 0.2) is 25.2 Å². The Morgan fingerprint density at radius 1 is 0.479 bits per heavy atom. The fraction of sp³-hybridized carbons (Fsp3) is 0.909. The van der Waals surface area contributed by atoms with Crippen molar-refractivity contribution in [2.24, 2.45) is 0 Å². The number of hydrogen-bond donors (Lipinski definition) is 14. The van der Waals surface area contributed by atoms with Crippen molar-refractivity contribution in [2.45, 2.75) is 227 Å². The molecule has 4 rings (SSSR count). The number of nitrogens with one attached hydrogen (secondary N) is 4. The first-order valence-corrected chi connectivity index (χ1v) is 26.1. The molecule has 4 saturated heterocycles. The lowest BCUT2D eigenvalue weighted by molar-refractivity contribution is -0.361. The van der Waals surface area contributed by atoms with Gasteiger partial charge in [0.2, 0.25) is 23.6 Å². The van der Waals surface area contributed by atoms with Gasteiger partial charge in [0.25, 0.3) is 0 Å². The molecule has 0 aromatic carbocycles. The van der Waals surface area contributed by atoms with Crippen LogP contribution in [0.1, 0.15) is 105 Å². The molecule has 0 bridgehead atoms. The monoisotopic (exact) mass is 1080 g/mol. The molecule has 0 aromatic rings. The molecular weight excluding hydrogens is 1000 g/mol. The summed E-state index contributed by atoms with van der Waals surface area (Å²) in [4.78, 5) is 50.4. The Bertz CT molecular complexity index is 1830. The van der Waals surface area contributed by atoms with Crippen molar-refractivity contribution in [1.29, 1.82) is 0 Å². The standard InChI is InChI=1S/C44H78N4O24S/c1-5-6-7-8-9-10-11-12-13-14-15-16-28(55)48-30-34(57)33(56)24(17-49)67-42(30)70-38-25(18-50)68-43(31(36(38)59)46-22(3)53)71-39-26(19-51)69-44(32(37(39)60)47-23(4)54)72-40-27(20-65-73(62,63)64)66-41(61)29(35(40)58)45-21(2)52/h24-27,29-44,49-51,56-61H,5-20H2,1-4H3,(H,45,52)(H,46,53)(H,47,54)(H,48,55)(H,62,63,64)/t24-,25-,26-,27-,29-,30-,31-,32-,33-,34-,35?,36?,37-,38-,39-,40-,41-,42+,43+,44+/m1/s1. The number of amides is 4. The second-order valence-corrected chi connectivity index (χ2v) is 19.9. The van der Waals surface area contributed by atoms with Crippen LogP contribution < -0.4 is 21.3 Å². The van der Waals surface area contributed by atoms with Crippen LogP contribution in [0.4, 0.5) is 0 Å². The van der Waals surface area contributed by atoms with Gasteiger partial charge >= 0.3 is 10.4 Å². The average molecular weight is 1080 g/mol. The molecule has 73 heavy (non-hydrogen) atoms. The maximum absolute atomic E-state index is 13.2. The van der Waals surface area contributed by atoms with Crippen LogP contribution in [-0.2, 0) is 66.9 Å². The molecule has 0 saturated carbocycles. The van der Waals surface area contributed by atoms with Crippen molar-refractivity contribution in [3.63, 3.8) is 0 Å². The van der Waals surface area contributed by atoms with E-state index < -0.39 is 183 Å². The van der Waals surface area contributed by atoms with Crippen molar-refractivity contribution in [3.8, 4) is 0 Å². The molecule has 4 aliphatic heterocycles. The highest BCUT2D eigenvalue weighted by Crippen LogP contribution is 2.35. The summed E-state index contributed by atoms with van der Waals surface area (Å²) in [6.07, 6.45) is -17.3. The minimum atomic E-state index is -5.15. The van der Waals surface area contributed by atoms with E-state index in [1.54, 1.807) is 0 Å². The molecule has 4 fully saturated rings. The Hall–Kier alpha value is -2.89. The Kier molecular flexibility index (Phi) is 25.9. The Labute approximate surface area is 423 Å². The predicted octanol–water partition coefficient (Wildman–Crippen LogP) is -4.67. The Morgan fingerprint density at radius 3 is 1.26 bits per heavy atom. The fourth-order valence-corrected chi connectivity index (χ4v) is 9.59. The molecule has 4 amide bonds. The topological polar surface area (TPSA) is 427 Å². The summed E-state index contributed by atoms with van der Waals surface area (Å²) in [7, 11) is -5.15. The third-order valence-corrected chi connectivity index (χ3v) is 13.4. The van der Waals surface area contributed by atoms with E-state index in [0.717, 1.165) is 52.9 Å². The first kappa shape index (κ1) is 62.6. The van der Waals surface area contributed by atoms with Gasteiger partial charge in [0.1, 0.15) is 97.4 Å². The zero-order chi connectivity index (χ0) is 54.2. The maximum atomic E-state index is 13.2. The number of hydrogen-bond acceptors (Lipinski definition) is 23. The van der Waals surface area contributed by atoms with Crippen molar-refractivity contribution in [1.82, 2.24) is 21.3 Å². The smallest absolute Gasteiger partial charge is 0.394 e. The van der Waals surface area contributed by atoms with Gasteiger partial charge in [0.05, 0.1) is 26.4 Å². The molecule has 424 valence electrons. The van der Waals surface area contributed by atoms with E-state index in [-0.39, 0.29) is 6.42 Å². The van der Waals surface area contributed by atoms with Gasteiger partial charge in [-0.25, -0.2) is 4.18 Å². The summed E-state index contributed by atoms with van der Waals surface area (Å²) in [6, 6.07) is -6.56. The van der Waals surface area contributed by atoms with Gasteiger partial charge in [0, 0.05) is 27.2 Å². The number of ether oxygens (including phenoxy) is 7. The third-order valence-electron chi connectivity index (χ3n) is 13.0. The van der Waals surface area contributed by atoms with Crippen LogP contribution in [0.15, 0.2) is 0 Å². The van der Waals surface area contributed by atoms with Gasteiger partial charge in [-0.15, -0.1) is 0 Å². The molecule has 0 aliphatic carbocycles. The zero-order valence-corrected chi connectivity index (χ0v) is 42.3. The second kappa shape index (κ2) is 30.2. The predicted molar refractivity (Wildman–Crippen MR) is 246 cm³/mol. The van der Waals surface area contributed by atoms with Gasteiger partial charge < -0.3 is 100 Å². The first-order chi connectivity index (χ1) is 34.5. The molecule has 29 heteroatoms. The summed E-state index contributed by atoms with van der Waals surface area (Å²) < 4.78 is 77.8.